The zero-order valence-electron chi connectivity index (χ0n) is 11.5. The number of carbonyl (C=O) groups excluding carboxylic acids is 1. The second kappa shape index (κ2) is 6.65. The van der Waals surface area contributed by atoms with Gasteiger partial charge in [-0.3, -0.25) is 4.79 Å². The maximum absolute atomic E-state index is 12.5. The Morgan fingerprint density at radius 3 is 2.70 bits per heavy atom. The van der Waals surface area contributed by atoms with Gasteiger partial charge in [0.15, 0.2) is 0 Å². The van der Waals surface area contributed by atoms with Gasteiger partial charge in [-0.05, 0) is 46.0 Å². The van der Waals surface area contributed by atoms with Crippen molar-refractivity contribution in [2.24, 2.45) is 11.1 Å². The molecule has 1 saturated heterocycles. The maximum Gasteiger partial charge on any atom is 0.253 e. The number of nitrogens with zero attached hydrogens (tertiary/aromatic N) is 1. The Kier molecular flexibility index (Phi) is 5.90. The zero-order chi connectivity index (χ0) is 14.2. The zero-order valence-corrected chi connectivity index (χ0v) is 14.7. The molecule has 112 valence electrons. The van der Waals surface area contributed by atoms with Crippen molar-refractivity contribution in [1.29, 1.82) is 0 Å². The van der Waals surface area contributed by atoms with Crippen molar-refractivity contribution in [2.45, 2.75) is 26.3 Å². The first-order chi connectivity index (χ1) is 8.81. The molecule has 3 nitrogen and oxygen atoms in total. The van der Waals surface area contributed by atoms with Gasteiger partial charge in [0.2, 0.25) is 0 Å². The summed E-state index contributed by atoms with van der Waals surface area (Å²) in [5, 5.41) is 0.554. The Hall–Kier alpha value is -0.290. The van der Waals surface area contributed by atoms with Gasteiger partial charge in [0, 0.05) is 29.2 Å². The highest BCUT2D eigenvalue weighted by atomic mass is 79.9. The summed E-state index contributed by atoms with van der Waals surface area (Å²) in [4.78, 5) is 14.3. The minimum Gasteiger partial charge on any atom is -0.338 e. The van der Waals surface area contributed by atoms with Crippen molar-refractivity contribution >= 4 is 45.8 Å². The molecule has 1 atom stereocenters. The van der Waals surface area contributed by atoms with Crippen LogP contribution in [0.25, 0.3) is 0 Å². The fourth-order valence-electron chi connectivity index (χ4n) is 2.36. The summed E-state index contributed by atoms with van der Waals surface area (Å²) < 4.78 is 0.798. The van der Waals surface area contributed by atoms with Crippen LogP contribution < -0.4 is 5.73 Å². The summed E-state index contributed by atoms with van der Waals surface area (Å²) in [5.74, 6) is 0.0226. The normalized spacial score (nSPS) is 21.2. The van der Waals surface area contributed by atoms with Crippen LogP contribution in [0.15, 0.2) is 22.7 Å². The van der Waals surface area contributed by atoms with E-state index in [-0.39, 0.29) is 29.8 Å². The number of carbonyl (C=O) groups is 1. The van der Waals surface area contributed by atoms with Gasteiger partial charge in [0.05, 0.1) is 5.02 Å². The Bertz CT molecular complexity index is 508. The van der Waals surface area contributed by atoms with E-state index in [1.54, 1.807) is 18.2 Å². The number of hydrogen-bond donors (Lipinski definition) is 1. The molecule has 6 heteroatoms. The van der Waals surface area contributed by atoms with E-state index in [9.17, 15) is 4.79 Å². The van der Waals surface area contributed by atoms with E-state index >= 15 is 0 Å². The number of nitrogens with two attached hydrogens (primary N) is 1. The minimum absolute atomic E-state index is 0. The average molecular weight is 382 g/mol. The SMILES string of the molecule is CC1(C)CN(C(=O)c2ccc(Br)c(Cl)c2)CCC1N.Cl. The average Bonchev–Trinajstić information content (AvgIpc) is 2.35. The van der Waals surface area contributed by atoms with E-state index in [1.165, 1.54) is 0 Å². The van der Waals surface area contributed by atoms with Gasteiger partial charge in [-0.15, -0.1) is 12.4 Å². The largest absolute Gasteiger partial charge is 0.338 e. The molecular formula is C14H19BrCl2N2O. The number of hydrogen-bond acceptors (Lipinski definition) is 2. The van der Waals surface area contributed by atoms with Crippen LogP contribution in [-0.2, 0) is 0 Å². The monoisotopic (exact) mass is 380 g/mol. The Balaban J connectivity index is 0.00000200. The lowest BCUT2D eigenvalue weighted by atomic mass is 9.79. The third-order valence-corrected chi connectivity index (χ3v) is 5.00. The number of halogens is 3. The Morgan fingerprint density at radius 1 is 1.50 bits per heavy atom. The lowest BCUT2D eigenvalue weighted by molar-refractivity contribution is 0.0533. The summed E-state index contributed by atoms with van der Waals surface area (Å²) in [6.07, 6.45) is 0.836. The number of likely N-dealkylation sites (tertiary alicyclic amines) is 1. The lowest BCUT2D eigenvalue weighted by Gasteiger charge is -2.42. The first kappa shape index (κ1) is 17.8. The van der Waals surface area contributed by atoms with Gasteiger partial charge >= 0.3 is 0 Å². The van der Waals surface area contributed by atoms with E-state index in [1.807, 2.05) is 4.90 Å². The summed E-state index contributed by atoms with van der Waals surface area (Å²) in [6.45, 7) is 5.59. The molecule has 1 unspecified atom stereocenters. The molecule has 0 radical (unpaired) electrons. The first-order valence-corrected chi connectivity index (χ1v) is 7.48. The number of benzene rings is 1. The molecule has 1 amide bonds. The van der Waals surface area contributed by atoms with E-state index in [0.717, 1.165) is 10.9 Å². The first-order valence-electron chi connectivity index (χ1n) is 6.31. The smallest absolute Gasteiger partial charge is 0.253 e. The molecule has 0 aliphatic carbocycles. The van der Waals surface area contributed by atoms with Crippen molar-refractivity contribution < 1.29 is 4.79 Å². The molecule has 1 aromatic rings. The van der Waals surface area contributed by atoms with Gasteiger partial charge < -0.3 is 10.6 Å². The molecule has 0 spiro atoms. The van der Waals surface area contributed by atoms with Crippen LogP contribution in [0, 0.1) is 5.41 Å². The third-order valence-electron chi connectivity index (χ3n) is 3.77. The molecule has 0 saturated carbocycles. The van der Waals surface area contributed by atoms with E-state index in [4.69, 9.17) is 17.3 Å². The fourth-order valence-corrected chi connectivity index (χ4v) is 2.79. The van der Waals surface area contributed by atoms with Crippen molar-refractivity contribution in [2.75, 3.05) is 13.1 Å². The molecule has 1 aliphatic heterocycles. The number of piperidine rings is 1. The van der Waals surface area contributed by atoms with Gasteiger partial charge in [-0.1, -0.05) is 25.4 Å². The van der Waals surface area contributed by atoms with Gasteiger partial charge in [0.25, 0.3) is 5.91 Å². The van der Waals surface area contributed by atoms with Crippen molar-refractivity contribution in [3.8, 4) is 0 Å². The molecule has 1 aliphatic rings. The van der Waals surface area contributed by atoms with Crippen LogP contribution in [-0.4, -0.2) is 29.9 Å². The van der Waals surface area contributed by atoms with E-state index in [0.29, 0.717) is 23.7 Å². The molecule has 2 rings (SSSR count). The van der Waals surface area contributed by atoms with Crippen molar-refractivity contribution in [1.82, 2.24) is 4.90 Å². The topological polar surface area (TPSA) is 46.3 Å². The summed E-state index contributed by atoms with van der Waals surface area (Å²) in [6, 6.07) is 5.44. The molecular weight excluding hydrogens is 363 g/mol. The summed E-state index contributed by atoms with van der Waals surface area (Å²) >= 11 is 9.37. The molecule has 2 N–H and O–H groups in total. The third kappa shape index (κ3) is 3.67. The molecule has 20 heavy (non-hydrogen) atoms. The maximum atomic E-state index is 12.5. The van der Waals surface area contributed by atoms with Crippen LogP contribution in [0.5, 0.6) is 0 Å². The summed E-state index contributed by atoms with van der Waals surface area (Å²) in [5.41, 5.74) is 6.67. The highest BCUT2D eigenvalue weighted by Crippen LogP contribution is 2.29. The number of amides is 1. The quantitative estimate of drug-likeness (QED) is 0.805. The fraction of sp³-hybridized carbons (Fsp3) is 0.500. The Morgan fingerprint density at radius 2 is 2.15 bits per heavy atom. The highest BCUT2D eigenvalue weighted by molar-refractivity contribution is 9.10. The van der Waals surface area contributed by atoms with Gasteiger partial charge in [0.1, 0.15) is 0 Å². The van der Waals surface area contributed by atoms with Crippen LogP contribution >= 0.6 is 39.9 Å². The van der Waals surface area contributed by atoms with E-state index in [2.05, 4.69) is 29.8 Å². The van der Waals surface area contributed by atoms with Crippen LogP contribution in [0.3, 0.4) is 0 Å². The molecule has 1 fully saturated rings. The second-order valence-electron chi connectivity index (χ2n) is 5.74. The number of rotatable bonds is 1. The van der Waals surface area contributed by atoms with Crippen LogP contribution in [0.4, 0.5) is 0 Å². The predicted octanol–water partition coefficient (Wildman–Crippen LogP) is 3.72. The van der Waals surface area contributed by atoms with Crippen LogP contribution in [0.2, 0.25) is 5.02 Å². The lowest BCUT2D eigenvalue weighted by Crippen LogP contribution is -2.54. The van der Waals surface area contributed by atoms with Gasteiger partial charge in [-0.25, -0.2) is 0 Å². The molecule has 0 bridgehead atoms. The standard InChI is InChI=1S/C14H18BrClN2O.ClH/c1-14(2)8-18(6-5-12(14)17)13(19)9-3-4-10(15)11(16)7-9;/h3-4,7,12H,5-6,8,17H2,1-2H3;1H. The minimum atomic E-state index is -0.0485. The van der Waals surface area contributed by atoms with Crippen molar-refractivity contribution in [3.05, 3.63) is 33.3 Å². The van der Waals surface area contributed by atoms with E-state index < -0.39 is 0 Å². The predicted molar refractivity (Wildman–Crippen MR) is 88.7 cm³/mol. The molecule has 0 aromatic heterocycles. The Labute approximate surface area is 139 Å². The second-order valence-corrected chi connectivity index (χ2v) is 7.00. The molecule has 1 heterocycles. The van der Waals surface area contributed by atoms with Crippen LogP contribution in [0.1, 0.15) is 30.6 Å². The summed E-state index contributed by atoms with van der Waals surface area (Å²) in [7, 11) is 0. The molecule has 1 aromatic carbocycles. The van der Waals surface area contributed by atoms with Crippen molar-refractivity contribution in [3.63, 3.8) is 0 Å². The van der Waals surface area contributed by atoms with Gasteiger partial charge in [-0.2, -0.15) is 0 Å². The highest BCUT2D eigenvalue weighted by Gasteiger charge is 2.35.